The summed E-state index contributed by atoms with van der Waals surface area (Å²) in [5.41, 5.74) is 2.71. The van der Waals surface area contributed by atoms with Crippen molar-refractivity contribution in [3.63, 3.8) is 0 Å². The van der Waals surface area contributed by atoms with Gasteiger partial charge in [0.05, 0.1) is 18.7 Å². The van der Waals surface area contributed by atoms with E-state index in [1.165, 1.54) is 5.56 Å². The zero-order valence-electron chi connectivity index (χ0n) is 15.9. The van der Waals surface area contributed by atoms with Crippen LogP contribution in [0, 0.1) is 23.2 Å². The molecule has 3 rings (SSSR count). The fraction of sp³-hybridized carbons (Fsp3) is 0.391. The predicted molar refractivity (Wildman–Crippen MR) is 107 cm³/mol. The standard InChI is InChI=1S/C23H26N2O2/c1-16(23(26)25-21-11-3-17(15-24)4-12-21)18-5-7-19(8-6-18)20-9-13-22(27-2)14-10-20/h3-4,9-14,16,18-19H,5-8H2,1-2H3,(H,25,26)/t16-,18-,19+/m1/s1. The summed E-state index contributed by atoms with van der Waals surface area (Å²) in [6.07, 6.45) is 4.37. The molecule has 0 heterocycles. The number of carbonyl (C=O) groups is 1. The Hall–Kier alpha value is -2.80. The number of rotatable bonds is 5. The molecule has 1 atom stereocenters. The highest BCUT2D eigenvalue weighted by molar-refractivity contribution is 5.92. The number of hydrogen-bond donors (Lipinski definition) is 1. The molecule has 0 aromatic heterocycles. The van der Waals surface area contributed by atoms with Gasteiger partial charge in [-0.1, -0.05) is 19.1 Å². The highest BCUT2D eigenvalue weighted by atomic mass is 16.5. The normalized spacial score (nSPS) is 20.3. The van der Waals surface area contributed by atoms with Gasteiger partial charge in [-0.25, -0.2) is 0 Å². The number of nitriles is 1. The molecule has 0 saturated heterocycles. The first-order valence-electron chi connectivity index (χ1n) is 9.55. The van der Waals surface area contributed by atoms with E-state index in [-0.39, 0.29) is 11.8 Å². The fourth-order valence-corrected chi connectivity index (χ4v) is 3.93. The van der Waals surface area contributed by atoms with E-state index in [0.717, 1.165) is 37.1 Å². The third-order valence-corrected chi connectivity index (χ3v) is 5.76. The van der Waals surface area contributed by atoms with E-state index in [1.54, 1.807) is 31.4 Å². The van der Waals surface area contributed by atoms with Gasteiger partial charge in [-0.05, 0) is 79.5 Å². The molecule has 2 aromatic rings. The smallest absolute Gasteiger partial charge is 0.227 e. The van der Waals surface area contributed by atoms with E-state index in [0.29, 0.717) is 17.4 Å². The Morgan fingerprint density at radius 1 is 1.07 bits per heavy atom. The molecule has 0 aliphatic heterocycles. The molecule has 1 amide bonds. The molecule has 1 fully saturated rings. The van der Waals surface area contributed by atoms with Crippen LogP contribution in [0.25, 0.3) is 0 Å². The lowest BCUT2D eigenvalue weighted by Gasteiger charge is -2.32. The minimum atomic E-state index is -0.0162. The largest absolute Gasteiger partial charge is 0.497 e. The predicted octanol–water partition coefficient (Wildman–Crippen LogP) is 5.12. The third kappa shape index (κ3) is 4.68. The summed E-state index contributed by atoms with van der Waals surface area (Å²) in [5.74, 6) is 1.92. The number of amides is 1. The van der Waals surface area contributed by atoms with Gasteiger partial charge in [-0.15, -0.1) is 0 Å². The molecule has 2 aromatic carbocycles. The van der Waals surface area contributed by atoms with Gasteiger partial charge in [0.25, 0.3) is 0 Å². The number of carbonyl (C=O) groups excluding carboxylic acids is 1. The van der Waals surface area contributed by atoms with Crippen LogP contribution in [0.15, 0.2) is 48.5 Å². The summed E-state index contributed by atoms with van der Waals surface area (Å²) >= 11 is 0. The second kappa shape index (κ2) is 8.73. The van der Waals surface area contributed by atoms with Crippen LogP contribution in [-0.4, -0.2) is 13.0 Å². The SMILES string of the molecule is COc1ccc([C@H]2CC[C@@H]([C@@H](C)C(=O)Nc3ccc(C#N)cc3)CC2)cc1. The lowest BCUT2D eigenvalue weighted by molar-refractivity contribution is -0.121. The molecule has 1 aliphatic rings. The summed E-state index contributed by atoms with van der Waals surface area (Å²) in [4.78, 5) is 12.6. The minimum absolute atomic E-state index is 0.0162. The summed E-state index contributed by atoms with van der Waals surface area (Å²) in [6, 6.07) is 17.5. The maximum atomic E-state index is 12.6. The van der Waals surface area contributed by atoms with Gasteiger partial charge in [-0.2, -0.15) is 5.26 Å². The van der Waals surface area contributed by atoms with Crippen LogP contribution in [0.5, 0.6) is 5.75 Å². The third-order valence-electron chi connectivity index (χ3n) is 5.76. The van der Waals surface area contributed by atoms with Crippen molar-refractivity contribution in [1.82, 2.24) is 0 Å². The van der Waals surface area contributed by atoms with Crippen molar-refractivity contribution in [3.05, 3.63) is 59.7 Å². The molecule has 27 heavy (non-hydrogen) atoms. The monoisotopic (exact) mass is 362 g/mol. The number of anilines is 1. The summed E-state index contributed by atoms with van der Waals surface area (Å²) in [6.45, 7) is 2.03. The van der Waals surface area contributed by atoms with Gasteiger partial charge in [0, 0.05) is 11.6 Å². The number of nitrogens with one attached hydrogen (secondary N) is 1. The summed E-state index contributed by atoms with van der Waals surface area (Å²) < 4.78 is 5.23. The molecule has 0 unspecified atom stereocenters. The number of ether oxygens (including phenoxy) is 1. The number of hydrogen-bond acceptors (Lipinski definition) is 3. The molecular weight excluding hydrogens is 336 g/mol. The summed E-state index contributed by atoms with van der Waals surface area (Å²) in [5, 5.41) is 11.8. The van der Waals surface area contributed by atoms with Crippen LogP contribution in [0.2, 0.25) is 0 Å². The molecule has 0 radical (unpaired) electrons. The highest BCUT2D eigenvalue weighted by Gasteiger charge is 2.29. The topological polar surface area (TPSA) is 62.1 Å². The molecule has 0 spiro atoms. The van der Waals surface area contributed by atoms with E-state index in [9.17, 15) is 4.79 Å². The lowest BCUT2D eigenvalue weighted by atomic mass is 9.74. The van der Waals surface area contributed by atoms with Crippen LogP contribution < -0.4 is 10.1 Å². The van der Waals surface area contributed by atoms with Gasteiger partial charge < -0.3 is 10.1 Å². The van der Waals surface area contributed by atoms with Crippen LogP contribution in [0.3, 0.4) is 0 Å². The Labute approximate surface area is 161 Å². The van der Waals surface area contributed by atoms with Crippen LogP contribution in [0.1, 0.15) is 49.7 Å². The Bertz CT molecular complexity index is 798. The van der Waals surface area contributed by atoms with Crippen LogP contribution in [0.4, 0.5) is 5.69 Å². The first-order chi connectivity index (χ1) is 13.1. The number of methoxy groups -OCH3 is 1. The Morgan fingerprint density at radius 3 is 2.26 bits per heavy atom. The molecule has 4 nitrogen and oxygen atoms in total. The van der Waals surface area contributed by atoms with Gasteiger partial charge >= 0.3 is 0 Å². The highest BCUT2D eigenvalue weighted by Crippen LogP contribution is 2.39. The second-order valence-electron chi connectivity index (χ2n) is 7.35. The van der Waals surface area contributed by atoms with Crippen LogP contribution in [-0.2, 0) is 4.79 Å². The molecular formula is C23H26N2O2. The molecule has 1 saturated carbocycles. The van der Waals surface area contributed by atoms with E-state index in [1.807, 2.05) is 19.1 Å². The van der Waals surface area contributed by atoms with E-state index >= 15 is 0 Å². The zero-order valence-corrected chi connectivity index (χ0v) is 15.9. The minimum Gasteiger partial charge on any atom is -0.497 e. The first-order valence-corrected chi connectivity index (χ1v) is 9.55. The second-order valence-corrected chi connectivity index (χ2v) is 7.35. The van der Waals surface area contributed by atoms with Crippen molar-refractivity contribution >= 4 is 11.6 Å². The van der Waals surface area contributed by atoms with Crippen molar-refractivity contribution in [2.45, 2.75) is 38.5 Å². The Kier molecular flexibility index (Phi) is 6.13. The van der Waals surface area contributed by atoms with E-state index < -0.39 is 0 Å². The molecule has 1 aliphatic carbocycles. The van der Waals surface area contributed by atoms with Gasteiger partial charge in [0.15, 0.2) is 0 Å². The fourth-order valence-electron chi connectivity index (χ4n) is 3.93. The van der Waals surface area contributed by atoms with Crippen molar-refractivity contribution in [3.8, 4) is 11.8 Å². The van der Waals surface area contributed by atoms with Crippen molar-refractivity contribution < 1.29 is 9.53 Å². The van der Waals surface area contributed by atoms with E-state index in [2.05, 4.69) is 23.5 Å². The molecule has 140 valence electrons. The Balaban J connectivity index is 1.53. The molecule has 4 heteroatoms. The lowest BCUT2D eigenvalue weighted by Crippen LogP contribution is -2.29. The van der Waals surface area contributed by atoms with Gasteiger partial charge in [-0.3, -0.25) is 4.79 Å². The summed E-state index contributed by atoms with van der Waals surface area (Å²) in [7, 11) is 1.69. The quantitative estimate of drug-likeness (QED) is 0.803. The zero-order chi connectivity index (χ0) is 19.2. The number of nitrogens with zero attached hydrogens (tertiary/aromatic N) is 1. The maximum absolute atomic E-state index is 12.6. The van der Waals surface area contributed by atoms with Gasteiger partial charge in [0.2, 0.25) is 5.91 Å². The Morgan fingerprint density at radius 2 is 1.70 bits per heavy atom. The van der Waals surface area contributed by atoms with E-state index in [4.69, 9.17) is 10.00 Å². The average molecular weight is 362 g/mol. The first kappa shape index (κ1) is 19.0. The van der Waals surface area contributed by atoms with Gasteiger partial charge in [0.1, 0.15) is 5.75 Å². The molecule has 0 bridgehead atoms. The van der Waals surface area contributed by atoms with Crippen molar-refractivity contribution in [2.75, 3.05) is 12.4 Å². The van der Waals surface area contributed by atoms with Crippen molar-refractivity contribution in [1.29, 1.82) is 5.26 Å². The maximum Gasteiger partial charge on any atom is 0.227 e. The van der Waals surface area contributed by atoms with Crippen LogP contribution >= 0.6 is 0 Å². The molecule has 1 N–H and O–H groups in total. The number of benzene rings is 2. The van der Waals surface area contributed by atoms with Crippen molar-refractivity contribution in [2.24, 2.45) is 11.8 Å². The average Bonchev–Trinajstić information content (AvgIpc) is 2.74.